The highest BCUT2D eigenvalue weighted by Crippen LogP contribution is 2.37. The number of benzene rings is 1. The van der Waals surface area contributed by atoms with Crippen LogP contribution < -0.4 is 14.8 Å². The number of ether oxygens (including phenoxy) is 2. The molecule has 1 aliphatic heterocycles. The third kappa shape index (κ3) is 2.16. The van der Waals surface area contributed by atoms with Gasteiger partial charge in [0.25, 0.3) is 0 Å². The number of fused-ring (bicyclic) bond motifs is 2. The van der Waals surface area contributed by atoms with E-state index in [0.717, 1.165) is 10.9 Å². The summed E-state index contributed by atoms with van der Waals surface area (Å²) < 4.78 is 10.6. The van der Waals surface area contributed by atoms with E-state index in [9.17, 15) is 10.2 Å². The summed E-state index contributed by atoms with van der Waals surface area (Å²) in [5.41, 5.74) is 1.41. The molecule has 1 aromatic heterocycles. The highest BCUT2D eigenvalue weighted by atomic mass is 16.7. The Morgan fingerprint density at radius 1 is 1.26 bits per heavy atom. The molecule has 0 radical (unpaired) electrons. The van der Waals surface area contributed by atoms with Crippen LogP contribution in [0.5, 0.6) is 11.5 Å². The number of aliphatic hydroxyl groups excluding tert-OH is 2. The molecule has 3 N–H and O–H groups in total. The van der Waals surface area contributed by atoms with Crippen molar-refractivity contribution in [3.63, 3.8) is 0 Å². The smallest absolute Gasteiger partial charge is 0.231 e. The maximum atomic E-state index is 9.70. The van der Waals surface area contributed by atoms with Gasteiger partial charge in [0.05, 0.1) is 11.6 Å². The molecule has 0 fully saturated rings. The summed E-state index contributed by atoms with van der Waals surface area (Å²) in [6, 6.07) is 5.33. The molecule has 0 spiro atoms. The van der Waals surface area contributed by atoms with Gasteiger partial charge in [0.2, 0.25) is 6.79 Å². The molecule has 19 heavy (non-hydrogen) atoms. The van der Waals surface area contributed by atoms with Gasteiger partial charge in [0.15, 0.2) is 11.5 Å². The third-order valence-corrected chi connectivity index (χ3v) is 3.00. The molecular formula is C13H14N2O4. The molecule has 0 saturated heterocycles. The minimum Gasteiger partial charge on any atom is -0.454 e. The van der Waals surface area contributed by atoms with Crippen LogP contribution in [0.25, 0.3) is 10.9 Å². The minimum atomic E-state index is -1.05. The van der Waals surface area contributed by atoms with Crippen LogP contribution in [0.1, 0.15) is 6.92 Å². The van der Waals surface area contributed by atoms with Crippen molar-refractivity contribution in [1.29, 1.82) is 0 Å². The lowest BCUT2D eigenvalue weighted by Gasteiger charge is -2.18. The number of aliphatic hydroxyl groups is 2. The van der Waals surface area contributed by atoms with Gasteiger partial charge in [-0.1, -0.05) is 0 Å². The van der Waals surface area contributed by atoms with Gasteiger partial charge in [-0.2, -0.15) is 0 Å². The van der Waals surface area contributed by atoms with E-state index in [2.05, 4.69) is 10.3 Å². The number of hydrogen-bond acceptors (Lipinski definition) is 6. The van der Waals surface area contributed by atoms with Crippen LogP contribution in [0.2, 0.25) is 0 Å². The first-order valence-corrected chi connectivity index (χ1v) is 5.96. The molecule has 2 unspecified atom stereocenters. The monoisotopic (exact) mass is 262 g/mol. The number of hydrogen-bond donors (Lipinski definition) is 3. The van der Waals surface area contributed by atoms with Gasteiger partial charge < -0.3 is 25.0 Å². The molecule has 0 amide bonds. The van der Waals surface area contributed by atoms with E-state index < -0.39 is 12.3 Å². The molecule has 3 rings (SSSR count). The summed E-state index contributed by atoms with van der Waals surface area (Å²) in [6.07, 6.45) is -0.296. The van der Waals surface area contributed by atoms with E-state index >= 15 is 0 Å². The second-order valence-corrected chi connectivity index (χ2v) is 4.41. The average molecular weight is 262 g/mol. The molecule has 0 aliphatic carbocycles. The van der Waals surface area contributed by atoms with E-state index in [1.165, 1.54) is 6.92 Å². The number of anilines is 1. The Hall–Kier alpha value is -2.05. The number of pyridine rings is 1. The number of aromatic nitrogens is 1. The Kier molecular flexibility index (Phi) is 2.88. The minimum absolute atomic E-state index is 0.199. The van der Waals surface area contributed by atoms with Crippen molar-refractivity contribution in [2.45, 2.75) is 19.3 Å². The summed E-state index contributed by atoms with van der Waals surface area (Å²) >= 11 is 0. The van der Waals surface area contributed by atoms with Crippen LogP contribution in [0.15, 0.2) is 24.4 Å². The molecular weight excluding hydrogens is 248 g/mol. The van der Waals surface area contributed by atoms with Crippen molar-refractivity contribution >= 4 is 16.6 Å². The predicted octanol–water partition coefficient (Wildman–Crippen LogP) is 1.07. The first-order valence-electron chi connectivity index (χ1n) is 5.96. The molecule has 2 atom stereocenters. The Morgan fingerprint density at radius 3 is 2.74 bits per heavy atom. The zero-order valence-corrected chi connectivity index (χ0v) is 10.3. The predicted molar refractivity (Wildman–Crippen MR) is 69.2 cm³/mol. The maximum Gasteiger partial charge on any atom is 0.231 e. The molecule has 6 heteroatoms. The lowest BCUT2D eigenvalue weighted by Crippen LogP contribution is -2.30. The van der Waals surface area contributed by atoms with E-state index in [0.29, 0.717) is 17.2 Å². The van der Waals surface area contributed by atoms with Crippen LogP contribution in [-0.2, 0) is 0 Å². The Balaban J connectivity index is 2.05. The second-order valence-electron chi connectivity index (χ2n) is 4.41. The van der Waals surface area contributed by atoms with E-state index in [1.54, 1.807) is 18.3 Å². The standard InChI is InChI=1S/C13H14N2O4/c1-7(16)13(17)15-9-2-3-14-10-5-12-11(4-8(9)10)18-6-19-12/h2-5,7,13,16-17H,6H2,1H3,(H,14,15). The molecule has 0 saturated carbocycles. The lowest BCUT2D eigenvalue weighted by molar-refractivity contribution is 0.0498. The van der Waals surface area contributed by atoms with Crippen LogP contribution in [0, 0.1) is 0 Å². The van der Waals surface area contributed by atoms with Gasteiger partial charge in [0.1, 0.15) is 6.23 Å². The zero-order chi connectivity index (χ0) is 13.4. The topological polar surface area (TPSA) is 83.8 Å². The second kappa shape index (κ2) is 4.56. The first kappa shape index (κ1) is 12.0. The molecule has 1 aliphatic rings. The summed E-state index contributed by atoms with van der Waals surface area (Å²) in [7, 11) is 0. The largest absolute Gasteiger partial charge is 0.454 e. The fourth-order valence-corrected chi connectivity index (χ4v) is 1.94. The van der Waals surface area contributed by atoms with Crippen molar-refractivity contribution in [3.8, 4) is 11.5 Å². The number of rotatable bonds is 3. The fourth-order valence-electron chi connectivity index (χ4n) is 1.94. The molecule has 100 valence electrons. The van der Waals surface area contributed by atoms with Crippen LogP contribution in [-0.4, -0.2) is 34.3 Å². The van der Waals surface area contributed by atoms with Gasteiger partial charge in [-0.05, 0) is 19.1 Å². The molecule has 2 heterocycles. The maximum absolute atomic E-state index is 9.70. The SMILES string of the molecule is CC(O)C(O)Nc1ccnc2cc3c(cc12)OCO3. The summed E-state index contributed by atoms with van der Waals surface area (Å²) in [5.74, 6) is 1.31. The van der Waals surface area contributed by atoms with E-state index in [4.69, 9.17) is 9.47 Å². The van der Waals surface area contributed by atoms with Gasteiger partial charge in [-0.15, -0.1) is 0 Å². The van der Waals surface area contributed by atoms with Crippen molar-refractivity contribution < 1.29 is 19.7 Å². The first-order chi connectivity index (χ1) is 9.15. The summed E-state index contributed by atoms with van der Waals surface area (Å²) in [4.78, 5) is 4.25. The summed E-state index contributed by atoms with van der Waals surface area (Å²) in [5, 5.41) is 22.7. The van der Waals surface area contributed by atoms with Crippen LogP contribution in [0.3, 0.4) is 0 Å². The Bertz CT molecular complexity index is 615. The Morgan fingerprint density at radius 2 is 2.00 bits per heavy atom. The van der Waals surface area contributed by atoms with E-state index in [-0.39, 0.29) is 6.79 Å². The molecule has 6 nitrogen and oxygen atoms in total. The lowest BCUT2D eigenvalue weighted by atomic mass is 10.1. The van der Waals surface area contributed by atoms with Crippen molar-refractivity contribution in [2.24, 2.45) is 0 Å². The van der Waals surface area contributed by atoms with Crippen LogP contribution in [0.4, 0.5) is 5.69 Å². The fraction of sp³-hybridized carbons (Fsp3) is 0.308. The van der Waals surface area contributed by atoms with Crippen molar-refractivity contribution in [1.82, 2.24) is 4.98 Å². The quantitative estimate of drug-likeness (QED) is 0.718. The highest BCUT2D eigenvalue weighted by molar-refractivity contribution is 5.93. The normalized spacial score (nSPS) is 16.4. The third-order valence-electron chi connectivity index (χ3n) is 3.00. The van der Waals surface area contributed by atoms with Crippen LogP contribution >= 0.6 is 0 Å². The summed E-state index contributed by atoms with van der Waals surface area (Å²) in [6.45, 7) is 1.71. The zero-order valence-electron chi connectivity index (χ0n) is 10.3. The van der Waals surface area contributed by atoms with Gasteiger partial charge >= 0.3 is 0 Å². The van der Waals surface area contributed by atoms with Crippen molar-refractivity contribution in [3.05, 3.63) is 24.4 Å². The Labute approximate surface area is 109 Å². The van der Waals surface area contributed by atoms with Gasteiger partial charge in [-0.25, -0.2) is 0 Å². The number of nitrogens with zero attached hydrogens (tertiary/aromatic N) is 1. The van der Waals surface area contributed by atoms with Gasteiger partial charge in [0, 0.05) is 23.3 Å². The van der Waals surface area contributed by atoms with Gasteiger partial charge in [-0.3, -0.25) is 4.98 Å². The highest BCUT2D eigenvalue weighted by Gasteiger charge is 2.17. The van der Waals surface area contributed by atoms with Crippen molar-refractivity contribution in [2.75, 3.05) is 12.1 Å². The van der Waals surface area contributed by atoms with E-state index in [1.807, 2.05) is 6.07 Å². The molecule has 2 aromatic rings. The molecule has 1 aromatic carbocycles. The molecule has 0 bridgehead atoms. The average Bonchev–Trinajstić information content (AvgIpc) is 2.83. The number of nitrogens with one attached hydrogen (secondary N) is 1.